The Morgan fingerprint density at radius 3 is 2.68 bits per heavy atom. The average molecular weight is 300 g/mol. The fourth-order valence-electron chi connectivity index (χ4n) is 2.40. The second-order valence-electron chi connectivity index (χ2n) is 5.25. The Labute approximate surface area is 131 Å². The molecule has 0 aliphatic carbocycles. The van der Waals surface area contributed by atoms with Crippen molar-refractivity contribution in [3.63, 3.8) is 0 Å². The maximum atomic E-state index is 11.8. The molecule has 118 valence electrons. The van der Waals surface area contributed by atoms with Crippen molar-refractivity contribution in [3.05, 3.63) is 53.6 Å². The van der Waals surface area contributed by atoms with E-state index in [-0.39, 0.29) is 6.03 Å². The average Bonchev–Trinajstić information content (AvgIpc) is 2.95. The summed E-state index contributed by atoms with van der Waals surface area (Å²) in [5.41, 5.74) is 2.45. The lowest BCUT2D eigenvalue weighted by Gasteiger charge is -2.11. The molecule has 0 aliphatic heterocycles. The van der Waals surface area contributed by atoms with E-state index < -0.39 is 0 Å². The summed E-state index contributed by atoms with van der Waals surface area (Å²) in [4.78, 5) is 16.0. The van der Waals surface area contributed by atoms with Crippen LogP contribution in [0.3, 0.4) is 0 Å². The van der Waals surface area contributed by atoms with Gasteiger partial charge in [-0.05, 0) is 30.9 Å². The number of amides is 2. The number of aromatic nitrogens is 2. The van der Waals surface area contributed by atoms with Crippen molar-refractivity contribution in [2.75, 3.05) is 6.54 Å². The van der Waals surface area contributed by atoms with Gasteiger partial charge in [0, 0.05) is 32.0 Å². The van der Waals surface area contributed by atoms with Crippen molar-refractivity contribution in [1.29, 1.82) is 0 Å². The van der Waals surface area contributed by atoms with Gasteiger partial charge in [0.15, 0.2) is 0 Å². The van der Waals surface area contributed by atoms with Gasteiger partial charge in [-0.2, -0.15) is 0 Å². The van der Waals surface area contributed by atoms with Crippen LogP contribution in [0.4, 0.5) is 4.79 Å². The summed E-state index contributed by atoms with van der Waals surface area (Å²) in [6.45, 7) is 6.18. The summed E-state index contributed by atoms with van der Waals surface area (Å²) in [7, 11) is 0. The molecule has 5 heteroatoms. The summed E-state index contributed by atoms with van der Waals surface area (Å²) >= 11 is 0. The molecular formula is C17H24N4O. The molecule has 2 rings (SSSR count). The second-order valence-corrected chi connectivity index (χ2v) is 5.25. The molecule has 0 unspecified atom stereocenters. The first-order valence-corrected chi connectivity index (χ1v) is 7.77. The SMILES string of the molecule is CCc1ccccc1CNC(=O)NCCCn1ccnc1C. The smallest absolute Gasteiger partial charge is 0.315 e. The monoisotopic (exact) mass is 300 g/mol. The van der Waals surface area contributed by atoms with Gasteiger partial charge in [0.05, 0.1) is 0 Å². The van der Waals surface area contributed by atoms with E-state index in [1.54, 1.807) is 6.20 Å². The number of nitrogens with one attached hydrogen (secondary N) is 2. The lowest BCUT2D eigenvalue weighted by molar-refractivity contribution is 0.240. The van der Waals surface area contributed by atoms with Crippen LogP contribution in [0.5, 0.6) is 0 Å². The van der Waals surface area contributed by atoms with Gasteiger partial charge in [-0.3, -0.25) is 0 Å². The lowest BCUT2D eigenvalue weighted by atomic mass is 10.1. The highest BCUT2D eigenvalue weighted by molar-refractivity contribution is 5.73. The normalized spacial score (nSPS) is 10.5. The fourth-order valence-corrected chi connectivity index (χ4v) is 2.40. The Morgan fingerprint density at radius 1 is 1.23 bits per heavy atom. The first-order valence-electron chi connectivity index (χ1n) is 7.77. The van der Waals surface area contributed by atoms with Gasteiger partial charge in [-0.1, -0.05) is 31.2 Å². The third kappa shape index (κ3) is 4.62. The number of benzene rings is 1. The highest BCUT2D eigenvalue weighted by Gasteiger charge is 2.03. The Morgan fingerprint density at radius 2 is 2.00 bits per heavy atom. The Bertz CT molecular complexity index is 606. The Kier molecular flexibility index (Phi) is 6.01. The molecule has 0 atom stereocenters. The topological polar surface area (TPSA) is 59.0 Å². The van der Waals surface area contributed by atoms with Crippen molar-refractivity contribution < 1.29 is 4.79 Å². The van der Waals surface area contributed by atoms with E-state index in [9.17, 15) is 4.79 Å². The lowest BCUT2D eigenvalue weighted by Crippen LogP contribution is -2.36. The molecule has 0 aliphatic rings. The summed E-state index contributed by atoms with van der Waals surface area (Å²) in [6.07, 6.45) is 5.61. The Hall–Kier alpha value is -2.30. The second kappa shape index (κ2) is 8.22. The molecule has 2 amide bonds. The van der Waals surface area contributed by atoms with Crippen LogP contribution in [-0.2, 0) is 19.5 Å². The molecule has 5 nitrogen and oxygen atoms in total. The van der Waals surface area contributed by atoms with Crippen molar-refractivity contribution in [3.8, 4) is 0 Å². The van der Waals surface area contributed by atoms with Crippen LogP contribution in [0.25, 0.3) is 0 Å². The molecule has 0 bridgehead atoms. The minimum absolute atomic E-state index is 0.117. The van der Waals surface area contributed by atoms with E-state index >= 15 is 0 Å². The predicted molar refractivity (Wildman–Crippen MR) is 87.6 cm³/mol. The standard InChI is InChI=1S/C17H24N4O/c1-3-15-7-4-5-8-16(15)13-20-17(22)19-9-6-11-21-12-10-18-14(21)2/h4-5,7-8,10,12H,3,6,9,11,13H2,1-2H3,(H2,19,20,22). The van der Waals surface area contributed by atoms with Crippen molar-refractivity contribution >= 4 is 6.03 Å². The molecule has 22 heavy (non-hydrogen) atoms. The number of carbonyl (C=O) groups is 1. The van der Waals surface area contributed by atoms with Crippen LogP contribution in [0.15, 0.2) is 36.7 Å². The molecular weight excluding hydrogens is 276 g/mol. The highest BCUT2D eigenvalue weighted by Crippen LogP contribution is 2.08. The predicted octanol–water partition coefficient (Wildman–Crippen LogP) is 2.64. The van der Waals surface area contributed by atoms with Gasteiger partial charge in [0.2, 0.25) is 0 Å². The highest BCUT2D eigenvalue weighted by atomic mass is 16.2. The minimum atomic E-state index is -0.117. The van der Waals surface area contributed by atoms with Gasteiger partial charge >= 0.3 is 6.03 Å². The summed E-state index contributed by atoms with van der Waals surface area (Å²) in [5, 5.41) is 5.80. The molecule has 0 saturated carbocycles. The van der Waals surface area contributed by atoms with Crippen molar-refractivity contribution in [2.24, 2.45) is 0 Å². The van der Waals surface area contributed by atoms with E-state index in [1.165, 1.54) is 11.1 Å². The Balaban J connectivity index is 1.67. The number of carbonyl (C=O) groups excluding carboxylic acids is 1. The zero-order valence-corrected chi connectivity index (χ0v) is 13.3. The van der Waals surface area contributed by atoms with E-state index in [2.05, 4.69) is 39.2 Å². The van der Waals surface area contributed by atoms with E-state index in [0.717, 1.165) is 25.2 Å². The van der Waals surface area contributed by atoms with Crippen LogP contribution in [0.1, 0.15) is 30.3 Å². The molecule has 0 spiro atoms. The molecule has 0 saturated heterocycles. The number of hydrogen-bond acceptors (Lipinski definition) is 2. The molecule has 0 fully saturated rings. The van der Waals surface area contributed by atoms with Gasteiger partial charge in [0.1, 0.15) is 5.82 Å². The summed E-state index contributed by atoms with van der Waals surface area (Å²) < 4.78 is 2.08. The van der Waals surface area contributed by atoms with Crippen LogP contribution >= 0.6 is 0 Å². The number of rotatable bonds is 7. The molecule has 2 aromatic rings. The molecule has 1 heterocycles. The van der Waals surface area contributed by atoms with E-state index in [4.69, 9.17) is 0 Å². The quantitative estimate of drug-likeness (QED) is 0.772. The third-order valence-corrected chi connectivity index (χ3v) is 3.72. The molecule has 1 aromatic heterocycles. The minimum Gasteiger partial charge on any atom is -0.338 e. The number of imidazole rings is 1. The number of aryl methyl sites for hydroxylation is 3. The maximum absolute atomic E-state index is 11.8. The van der Waals surface area contributed by atoms with Crippen LogP contribution in [0.2, 0.25) is 0 Å². The first kappa shape index (κ1) is 16.1. The first-order chi connectivity index (χ1) is 10.7. The van der Waals surface area contributed by atoms with E-state index in [1.807, 2.05) is 25.3 Å². The van der Waals surface area contributed by atoms with E-state index in [0.29, 0.717) is 13.1 Å². The van der Waals surface area contributed by atoms with Gasteiger partial charge < -0.3 is 15.2 Å². The van der Waals surface area contributed by atoms with Gasteiger partial charge in [-0.15, -0.1) is 0 Å². The zero-order chi connectivity index (χ0) is 15.8. The fraction of sp³-hybridized carbons (Fsp3) is 0.412. The van der Waals surface area contributed by atoms with Crippen molar-refractivity contribution in [2.45, 2.75) is 39.8 Å². The number of hydrogen-bond donors (Lipinski definition) is 2. The largest absolute Gasteiger partial charge is 0.338 e. The zero-order valence-electron chi connectivity index (χ0n) is 13.3. The summed E-state index contributed by atoms with van der Waals surface area (Å²) in [5.74, 6) is 1.00. The van der Waals surface area contributed by atoms with Gasteiger partial charge in [0.25, 0.3) is 0 Å². The van der Waals surface area contributed by atoms with Crippen molar-refractivity contribution in [1.82, 2.24) is 20.2 Å². The van der Waals surface area contributed by atoms with Crippen LogP contribution < -0.4 is 10.6 Å². The maximum Gasteiger partial charge on any atom is 0.315 e. The summed E-state index contributed by atoms with van der Waals surface area (Å²) in [6, 6.07) is 8.07. The van der Waals surface area contributed by atoms with Crippen LogP contribution in [-0.4, -0.2) is 22.1 Å². The molecule has 2 N–H and O–H groups in total. The molecule has 1 aromatic carbocycles. The number of nitrogens with zero attached hydrogens (tertiary/aromatic N) is 2. The number of urea groups is 1. The van der Waals surface area contributed by atoms with Gasteiger partial charge in [-0.25, -0.2) is 9.78 Å². The molecule has 0 radical (unpaired) electrons. The van der Waals surface area contributed by atoms with Crippen LogP contribution in [0, 0.1) is 6.92 Å². The third-order valence-electron chi connectivity index (χ3n) is 3.72.